The van der Waals surface area contributed by atoms with E-state index in [1.165, 1.54) is 16.2 Å². The molecule has 0 saturated heterocycles. The molecule has 5 nitrogen and oxygen atoms in total. The van der Waals surface area contributed by atoms with E-state index in [0.717, 1.165) is 4.88 Å². The van der Waals surface area contributed by atoms with E-state index in [0.29, 0.717) is 23.4 Å². The van der Waals surface area contributed by atoms with Gasteiger partial charge < -0.3 is 4.74 Å². The number of halogens is 1. The lowest BCUT2D eigenvalue weighted by Crippen LogP contribution is -2.32. The van der Waals surface area contributed by atoms with Crippen molar-refractivity contribution in [2.75, 3.05) is 11.5 Å². The first-order valence-electron chi connectivity index (χ1n) is 6.52. The lowest BCUT2D eigenvalue weighted by Gasteiger charge is -2.21. The molecule has 21 heavy (non-hydrogen) atoms. The Morgan fingerprint density at radius 3 is 2.81 bits per heavy atom. The lowest BCUT2D eigenvalue weighted by molar-refractivity contribution is 0.139. The van der Waals surface area contributed by atoms with Gasteiger partial charge in [-0.25, -0.2) is 14.8 Å². The van der Waals surface area contributed by atoms with Crippen LogP contribution in [0.2, 0.25) is 4.47 Å². The second kappa shape index (κ2) is 7.38. The van der Waals surface area contributed by atoms with Crippen molar-refractivity contribution in [3.8, 4) is 0 Å². The third-order valence-electron chi connectivity index (χ3n) is 2.53. The third kappa shape index (κ3) is 4.68. The number of anilines is 1. The highest BCUT2D eigenvalue weighted by molar-refractivity contribution is 7.15. The van der Waals surface area contributed by atoms with Crippen molar-refractivity contribution < 1.29 is 9.53 Å². The molecule has 0 aliphatic rings. The molecule has 2 aromatic heterocycles. The summed E-state index contributed by atoms with van der Waals surface area (Å²) in [6.45, 7) is 4.67. The maximum atomic E-state index is 12.3. The van der Waals surface area contributed by atoms with Crippen LogP contribution in [0, 0.1) is 5.92 Å². The number of amides is 1. The largest absolute Gasteiger partial charge is 0.449 e. The van der Waals surface area contributed by atoms with E-state index in [-0.39, 0.29) is 5.92 Å². The van der Waals surface area contributed by atoms with Crippen molar-refractivity contribution in [2.24, 2.45) is 5.92 Å². The second-order valence-electron chi connectivity index (χ2n) is 4.82. The first kappa shape index (κ1) is 15.7. The van der Waals surface area contributed by atoms with Crippen molar-refractivity contribution in [1.29, 1.82) is 0 Å². The summed E-state index contributed by atoms with van der Waals surface area (Å²) in [5, 5.41) is 0. The van der Waals surface area contributed by atoms with Gasteiger partial charge in [-0.3, -0.25) is 4.90 Å². The van der Waals surface area contributed by atoms with Crippen LogP contribution in [-0.4, -0.2) is 22.7 Å². The van der Waals surface area contributed by atoms with Crippen molar-refractivity contribution in [3.05, 3.63) is 39.9 Å². The summed E-state index contributed by atoms with van der Waals surface area (Å²) in [7, 11) is 0. The van der Waals surface area contributed by atoms with E-state index in [2.05, 4.69) is 9.97 Å². The van der Waals surface area contributed by atoms with Gasteiger partial charge in [-0.15, -0.1) is 11.3 Å². The number of pyridine rings is 1. The van der Waals surface area contributed by atoms with Gasteiger partial charge in [0, 0.05) is 17.3 Å². The fourth-order valence-corrected chi connectivity index (χ4v) is 2.55. The van der Waals surface area contributed by atoms with E-state index in [1.54, 1.807) is 24.5 Å². The van der Waals surface area contributed by atoms with Gasteiger partial charge in [0.05, 0.1) is 13.2 Å². The number of hydrogen-bond donors (Lipinski definition) is 0. The quantitative estimate of drug-likeness (QED) is 0.834. The predicted molar refractivity (Wildman–Crippen MR) is 83.7 cm³/mol. The molecular weight excluding hydrogens is 310 g/mol. The topological polar surface area (TPSA) is 55.3 Å². The number of rotatable bonds is 5. The minimum Gasteiger partial charge on any atom is -0.449 e. The number of thiazole rings is 1. The zero-order chi connectivity index (χ0) is 15.2. The molecule has 7 heteroatoms. The number of ether oxygens (including phenoxy) is 1. The predicted octanol–water partition coefficient (Wildman–Crippen LogP) is 3.99. The van der Waals surface area contributed by atoms with Crippen LogP contribution in [0.25, 0.3) is 0 Å². The average Bonchev–Trinajstić information content (AvgIpc) is 2.88. The number of aromatic nitrogens is 2. The third-order valence-corrected chi connectivity index (χ3v) is 3.63. The number of carbonyl (C=O) groups is 1. The molecule has 2 heterocycles. The molecule has 0 unspecified atom stereocenters. The molecule has 0 atom stereocenters. The van der Waals surface area contributed by atoms with Crippen LogP contribution in [0.1, 0.15) is 18.7 Å². The first-order chi connectivity index (χ1) is 10.1. The van der Waals surface area contributed by atoms with Crippen molar-refractivity contribution in [3.63, 3.8) is 0 Å². The summed E-state index contributed by atoms with van der Waals surface area (Å²) in [6, 6.07) is 5.38. The van der Waals surface area contributed by atoms with Gasteiger partial charge in [-0.1, -0.05) is 31.5 Å². The second-order valence-corrected chi connectivity index (χ2v) is 6.52. The maximum Gasteiger partial charge on any atom is 0.415 e. The Balaban J connectivity index is 2.16. The lowest BCUT2D eigenvalue weighted by atomic mass is 10.2. The smallest absolute Gasteiger partial charge is 0.415 e. The van der Waals surface area contributed by atoms with Crippen LogP contribution in [0.3, 0.4) is 0 Å². The van der Waals surface area contributed by atoms with Crippen LogP contribution < -0.4 is 4.90 Å². The molecular formula is C14H16ClN3O2S. The van der Waals surface area contributed by atoms with E-state index in [4.69, 9.17) is 16.3 Å². The highest BCUT2D eigenvalue weighted by atomic mass is 35.5. The summed E-state index contributed by atoms with van der Waals surface area (Å²) in [5.41, 5.74) is 0. The standard InChI is InChI=1S/C14H16ClN3O2S/c1-10(2)9-20-14(19)18(12-5-3-4-6-16-12)8-11-7-17-13(15)21-11/h3-7,10H,8-9H2,1-2H3. The summed E-state index contributed by atoms with van der Waals surface area (Å²) >= 11 is 7.16. The van der Waals surface area contributed by atoms with Crippen molar-refractivity contribution >= 4 is 34.8 Å². The molecule has 0 aliphatic carbocycles. The van der Waals surface area contributed by atoms with Crippen LogP contribution in [0.4, 0.5) is 10.6 Å². The molecule has 0 saturated carbocycles. The Bertz CT molecular complexity index is 589. The Kier molecular flexibility index (Phi) is 5.52. The summed E-state index contributed by atoms with van der Waals surface area (Å²) in [6.07, 6.45) is 2.86. The molecule has 2 rings (SSSR count). The number of hydrogen-bond acceptors (Lipinski definition) is 5. The zero-order valence-corrected chi connectivity index (χ0v) is 13.4. The molecule has 1 amide bonds. The Hall–Kier alpha value is -1.66. The number of nitrogens with zero attached hydrogens (tertiary/aromatic N) is 3. The van der Waals surface area contributed by atoms with Gasteiger partial charge >= 0.3 is 6.09 Å². The summed E-state index contributed by atoms with van der Waals surface area (Å²) in [4.78, 5) is 22.8. The van der Waals surface area contributed by atoms with Crippen LogP contribution in [0.15, 0.2) is 30.6 Å². The Morgan fingerprint density at radius 2 is 2.24 bits per heavy atom. The molecule has 112 valence electrons. The first-order valence-corrected chi connectivity index (χ1v) is 7.71. The average molecular weight is 326 g/mol. The highest BCUT2D eigenvalue weighted by Gasteiger charge is 2.20. The highest BCUT2D eigenvalue weighted by Crippen LogP contribution is 2.22. The Morgan fingerprint density at radius 1 is 1.43 bits per heavy atom. The SMILES string of the molecule is CC(C)COC(=O)N(Cc1cnc(Cl)s1)c1ccccn1. The summed E-state index contributed by atoms with van der Waals surface area (Å²) < 4.78 is 5.74. The van der Waals surface area contributed by atoms with Gasteiger partial charge in [0.25, 0.3) is 0 Å². The maximum absolute atomic E-state index is 12.3. The monoisotopic (exact) mass is 325 g/mol. The fraction of sp³-hybridized carbons (Fsp3) is 0.357. The molecule has 0 radical (unpaired) electrons. The molecule has 0 fully saturated rings. The van der Waals surface area contributed by atoms with Crippen LogP contribution >= 0.6 is 22.9 Å². The van der Waals surface area contributed by atoms with Gasteiger partial charge in [-0.05, 0) is 18.1 Å². The minimum absolute atomic E-state index is 0.275. The van der Waals surface area contributed by atoms with Crippen LogP contribution in [-0.2, 0) is 11.3 Å². The Labute approximate surface area is 132 Å². The molecule has 0 aliphatic heterocycles. The van der Waals surface area contributed by atoms with E-state index < -0.39 is 6.09 Å². The molecule has 0 aromatic carbocycles. The zero-order valence-electron chi connectivity index (χ0n) is 11.8. The fourth-order valence-electron chi connectivity index (χ4n) is 1.58. The normalized spacial score (nSPS) is 10.7. The number of carbonyl (C=O) groups excluding carboxylic acids is 1. The minimum atomic E-state index is -0.424. The van der Waals surface area contributed by atoms with E-state index >= 15 is 0 Å². The van der Waals surface area contributed by atoms with Crippen molar-refractivity contribution in [2.45, 2.75) is 20.4 Å². The molecule has 0 spiro atoms. The van der Waals surface area contributed by atoms with Crippen molar-refractivity contribution in [1.82, 2.24) is 9.97 Å². The summed E-state index contributed by atoms with van der Waals surface area (Å²) in [5.74, 6) is 0.813. The van der Waals surface area contributed by atoms with Gasteiger partial charge in [0.15, 0.2) is 4.47 Å². The van der Waals surface area contributed by atoms with Gasteiger partial charge in [-0.2, -0.15) is 0 Å². The molecule has 0 bridgehead atoms. The van der Waals surface area contributed by atoms with Gasteiger partial charge in [0.2, 0.25) is 0 Å². The van der Waals surface area contributed by atoms with E-state index in [9.17, 15) is 4.79 Å². The van der Waals surface area contributed by atoms with E-state index in [1.807, 2.05) is 19.9 Å². The molecule has 2 aromatic rings. The van der Waals surface area contributed by atoms with Crippen LogP contribution in [0.5, 0.6) is 0 Å². The molecule has 0 N–H and O–H groups in total. The van der Waals surface area contributed by atoms with Gasteiger partial charge in [0.1, 0.15) is 5.82 Å².